The van der Waals surface area contributed by atoms with Crippen molar-refractivity contribution in [2.75, 3.05) is 0 Å². The molecule has 0 aliphatic heterocycles. The van der Waals surface area contributed by atoms with E-state index in [1.165, 1.54) is 17.8 Å². The third kappa shape index (κ3) is 1.09. The normalized spacial score (nSPS) is 9.00. The van der Waals surface area contributed by atoms with Gasteiger partial charge in [0.2, 0.25) is 0 Å². The molecule has 2 radical (unpaired) electrons. The van der Waals surface area contributed by atoms with E-state index < -0.39 is 5.91 Å². The van der Waals surface area contributed by atoms with E-state index in [-0.39, 0.29) is 5.76 Å². The molecule has 1 aromatic heterocycles. The Morgan fingerprint density at radius 2 is 2.56 bits per heavy atom. The Balaban J connectivity index is 2.77. The molecule has 0 saturated carbocycles. The third-order valence-electron chi connectivity index (χ3n) is 0.847. The minimum Gasteiger partial charge on any atom is -0.459 e. The number of carbonyl (C=O) groups is 1. The van der Waals surface area contributed by atoms with E-state index in [2.05, 4.69) is 4.42 Å². The van der Waals surface area contributed by atoms with E-state index in [0.717, 1.165) is 0 Å². The lowest BCUT2D eigenvalue weighted by Gasteiger charge is -1.87. The second-order valence-corrected chi connectivity index (χ2v) is 1.42. The van der Waals surface area contributed by atoms with Gasteiger partial charge < -0.3 is 4.42 Å². The molecule has 0 spiro atoms. The maximum absolute atomic E-state index is 10.4. The van der Waals surface area contributed by atoms with Gasteiger partial charge in [0, 0.05) is 0 Å². The summed E-state index contributed by atoms with van der Waals surface area (Å²) in [6.07, 6.45) is 1.35. The summed E-state index contributed by atoms with van der Waals surface area (Å²) < 4.78 is 4.61. The van der Waals surface area contributed by atoms with Crippen LogP contribution in [-0.2, 0) is 0 Å². The first kappa shape index (κ1) is 5.84. The third-order valence-corrected chi connectivity index (χ3v) is 0.847. The minimum absolute atomic E-state index is 0.0949. The predicted molar refractivity (Wildman–Crippen MR) is 28.3 cm³/mol. The molecular formula is C5H4N2O2. The van der Waals surface area contributed by atoms with Crippen LogP contribution in [-0.4, -0.2) is 5.91 Å². The number of nitrogens with zero attached hydrogens (tertiary/aromatic N) is 1. The molecule has 0 bridgehead atoms. The molecule has 0 atom stereocenters. The smallest absolute Gasteiger partial charge is 0.303 e. The molecule has 0 aliphatic carbocycles. The summed E-state index contributed by atoms with van der Waals surface area (Å²) in [5.41, 5.74) is 1.43. The van der Waals surface area contributed by atoms with Crippen LogP contribution in [0, 0.1) is 0 Å². The monoisotopic (exact) mass is 124 g/mol. The molecule has 46 valence electrons. The molecular weight excluding hydrogens is 120 g/mol. The summed E-state index contributed by atoms with van der Waals surface area (Å²) in [6, 6.07) is 3.01. The fourth-order valence-corrected chi connectivity index (χ4v) is 0.463. The highest BCUT2D eigenvalue weighted by atomic mass is 16.3. The average molecular weight is 124 g/mol. The SMILES string of the molecule is [N]NC(=O)c1ccco1. The topological polar surface area (TPSA) is 64.5 Å². The number of furan rings is 1. The predicted octanol–water partition coefficient (Wildman–Crippen LogP) is -0.00690. The molecule has 0 aromatic carbocycles. The van der Waals surface area contributed by atoms with Gasteiger partial charge >= 0.3 is 5.91 Å². The van der Waals surface area contributed by atoms with Crippen molar-refractivity contribution >= 4 is 5.91 Å². The van der Waals surface area contributed by atoms with Gasteiger partial charge in [-0.15, -0.1) is 0 Å². The quantitative estimate of drug-likeness (QED) is 0.535. The molecule has 0 fully saturated rings. The maximum Gasteiger partial charge on any atom is 0.303 e. The van der Waals surface area contributed by atoms with Crippen LogP contribution in [0.4, 0.5) is 0 Å². The molecule has 1 amide bonds. The van der Waals surface area contributed by atoms with Crippen molar-refractivity contribution in [3.63, 3.8) is 0 Å². The Hall–Kier alpha value is -1.29. The Morgan fingerprint density at radius 1 is 1.78 bits per heavy atom. The molecule has 1 rings (SSSR count). The highest BCUT2D eigenvalue weighted by molar-refractivity contribution is 5.90. The van der Waals surface area contributed by atoms with Crippen LogP contribution in [0.15, 0.2) is 22.8 Å². The number of rotatable bonds is 1. The summed E-state index contributed by atoms with van der Waals surface area (Å²) in [5.74, 6) is 7.50. The number of hydrogen-bond donors (Lipinski definition) is 1. The van der Waals surface area contributed by atoms with Crippen LogP contribution in [0.2, 0.25) is 0 Å². The molecule has 0 saturated heterocycles. The highest BCUT2D eigenvalue weighted by Gasteiger charge is 2.04. The van der Waals surface area contributed by atoms with E-state index in [1.807, 2.05) is 0 Å². The lowest BCUT2D eigenvalue weighted by Crippen LogP contribution is -2.19. The number of nitrogens with one attached hydrogen (secondary N) is 1. The van der Waals surface area contributed by atoms with E-state index in [4.69, 9.17) is 5.84 Å². The Bertz CT molecular complexity index is 193. The maximum atomic E-state index is 10.4. The van der Waals surface area contributed by atoms with Crippen molar-refractivity contribution in [2.45, 2.75) is 0 Å². The van der Waals surface area contributed by atoms with Crippen molar-refractivity contribution in [1.29, 1.82) is 0 Å². The second kappa shape index (κ2) is 2.32. The van der Waals surface area contributed by atoms with Crippen LogP contribution < -0.4 is 11.3 Å². The van der Waals surface area contributed by atoms with Crippen molar-refractivity contribution in [3.05, 3.63) is 24.2 Å². The lowest BCUT2D eigenvalue weighted by molar-refractivity contribution is 0.0922. The molecule has 4 heteroatoms. The fraction of sp³-hybridized carbons (Fsp3) is 0. The van der Waals surface area contributed by atoms with Crippen LogP contribution in [0.3, 0.4) is 0 Å². The first-order valence-corrected chi connectivity index (χ1v) is 2.32. The standard InChI is InChI=1S/C5H4N2O2/c6-7-5(8)4-2-1-3-9-4/h1-3H,(H,7,8). The van der Waals surface area contributed by atoms with Gasteiger partial charge in [0.25, 0.3) is 0 Å². The summed E-state index contributed by atoms with van der Waals surface area (Å²) in [7, 11) is 0. The number of hydrogen-bond acceptors (Lipinski definition) is 2. The molecule has 1 aromatic rings. The molecule has 1 N–H and O–H groups in total. The highest BCUT2D eigenvalue weighted by Crippen LogP contribution is 1.97. The molecule has 1 heterocycles. The van der Waals surface area contributed by atoms with Gasteiger partial charge in [-0.25, -0.2) is 5.43 Å². The van der Waals surface area contributed by atoms with Crippen molar-refractivity contribution in [1.82, 2.24) is 11.3 Å². The average Bonchev–Trinajstić information content (AvgIpc) is 2.37. The molecule has 0 unspecified atom stereocenters. The van der Waals surface area contributed by atoms with E-state index in [9.17, 15) is 4.79 Å². The Kier molecular flexibility index (Phi) is 1.51. The molecule has 4 nitrogen and oxygen atoms in total. The van der Waals surface area contributed by atoms with Crippen LogP contribution in [0.25, 0.3) is 0 Å². The molecule has 0 aliphatic rings. The van der Waals surface area contributed by atoms with Gasteiger partial charge in [-0.05, 0) is 18.0 Å². The number of amides is 1. The van der Waals surface area contributed by atoms with E-state index >= 15 is 0 Å². The van der Waals surface area contributed by atoms with Gasteiger partial charge in [-0.3, -0.25) is 4.79 Å². The van der Waals surface area contributed by atoms with Gasteiger partial charge in [-0.2, -0.15) is 0 Å². The van der Waals surface area contributed by atoms with Gasteiger partial charge in [0.15, 0.2) is 5.76 Å². The summed E-state index contributed by atoms with van der Waals surface area (Å²) in [6.45, 7) is 0. The zero-order valence-electron chi connectivity index (χ0n) is 4.50. The zero-order valence-corrected chi connectivity index (χ0v) is 4.50. The first-order valence-electron chi connectivity index (χ1n) is 2.32. The summed E-state index contributed by atoms with van der Waals surface area (Å²) >= 11 is 0. The summed E-state index contributed by atoms with van der Waals surface area (Å²) in [4.78, 5) is 10.4. The van der Waals surface area contributed by atoms with Crippen molar-refractivity contribution < 1.29 is 9.21 Å². The lowest BCUT2D eigenvalue weighted by atomic mass is 10.4. The second-order valence-electron chi connectivity index (χ2n) is 1.42. The van der Waals surface area contributed by atoms with Crippen LogP contribution >= 0.6 is 0 Å². The van der Waals surface area contributed by atoms with Crippen molar-refractivity contribution in [2.24, 2.45) is 0 Å². The van der Waals surface area contributed by atoms with E-state index in [0.29, 0.717) is 0 Å². The fourth-order valence-electron chi connectivity index (χ4n) is 0.463. The zero-order chi connectivity index (χ0) is 6.69. The Labute approximate surface area is 51.6 Å². The van der Waals surface area contributed by atoms with Crippen molar-refractivity contribution in [3.8, 4) is 0 Å². The van der Waals surface area contributed by atoms with Gasteiger partial charge in [0.05, 0.1) is 6.26 Å². The molecule has 9 heavy (non-hydrogen) atoms. The number of carbonyl (C=O) groups excluding carboxylic acids is 1. The largest absolute Gasteiger partial charge is 0.459 e. The van der Waals surface area contributed by atoms with Crippen LogP contribution in [0.1, 0.15) is 10.6 Å². The Morgan fingerprint density at radius 3 is 3.00 bits per heavy atom. The van der Waals surface area contributed by atoms with E-state index in [1.54, 1.807) is 6.07 Å². The first-order chi connectivity index (χ1) is 4.34. The van der Waals surface area contributed by atoms with Crippen LogP contribution in [0.5, 0.6) is 0 Å². The van der Waals surface area contributed by atoms with Gasteiger partial charge in [0.1, 0.15) is 0 Å². The summed E-state index contributed by atoms with van der Waals surface area (Å²) in [5, 5.41) is 0. The van der Waals surface area contributed by atoms with Gasteiger partial charge in [-0.1, -0.05) is 0 Å². The minimum atomic E-state index is -0.639.